The van der Waals surface area contributed by atoms with Crippen molar-refractivity contribution in [1.82, 2.24) is 14.7 Å². The molecule has 0 unspecified atom stereocenters. The number of carbonyl (C=O) groups is 1. The molecule has 138 valence electrons. The Morgan fingerprint density at radius 3 is 2.81 bits per heavy atom. The van der Waals surface area contributed by atoms with Gasteiger partial charge in [-0.15, -0.1) is 0 Å². The summed E-state index contributed by atoms with van der Waals surface area (Å²) in [5, 5.41) is 4.38. The summed E-state index contributed by atoms with van der Waals surface area (Å²) in [4.78, 5) is 14.7. The first-order valence-corrected chi connectivity index (χ1v) is 9.28. The van der Waals surface area contributed by atoms with Crippen molar-refractivity contribution in [3.63, 3.8) is 0 Å². The van der Waals surface area contributed by atoms with Crippen molar-refractivity contribution in [2.24, 2.45) is 13.0 Å². The zero-order chi connectivity index (χ0) is 17.9. The number of hydrogen-bond acceptors (Lipinski definition) is 4. The molecule has 2 aromatic rings. The molecule has 1 aromatic carbocycles. The van der Waals surface area contributed by atoms with Gasteiger partial charge in [-0.05, 0) is 42.9 Å². The van der Waals surface area contributed by atoms with Crippen molar-refractivity contribution in [3.8, 4) is 5.75 Å². The number of benzene rings is 1. The van der Waals surface area contributed by atoms with Crippen LogP contribution >= 0.6 is 0 Å². The number of ether oxygens (including phenoxy) is 2. The molecule has 0 N–H and O–H groups in total. The van der Waals surface area contributed by atoms with Crippen molar-refractivity contribution in [3.05, 3.63) is 47.8 Å². The second kappa shape index (κ2) is 7.50. The summed E-state index contributed by atoms with van der Waals surface area (Å²) in [6, 6.07) is 9.35. The van der Waals surface area contributed by atoms with Gasteiger partial charge in [0.2, 0.25) is 0 Å². The van der Waals surface area contributed by atoms with E-state index in [-0.39, 0.29) is 18.6 Å². The number of aryl methyl sites for hydroxylation is 1. The second-order valence-corrected chi connectivity index (χ2v) is 7.11. The lowest BCUT2D eigenvalue weighted by Crippen LogP contribution is -2.44. The third-order valence-corrected chi connectivity index (χ3v) is 5.13. The third-order valence-electron chi connectivity index (χ3n) is 5.13. The number of aromatic nitrogens is 2. The van der Waals surface area contributed by atoms with Gasteiger partial charge in [-0.3, -0.25) is 9.48 Å². The molecule has 2 aliphatic rings. The number of para-hydroxylation sites is 1. The van der Waals surface area contributed by atoms with Crippen LogP contribution in [0.25, 0.3) is 0 Å². The molecule has 1 atom stereocenters. The van der Waals surface area contributed by atoms with Gasteiger partial charge in [0.15, 0.2) is 6.61 Å². The highest BCUT2D eigenvalue weighted by Crippen LogP contribution is 2.32. The smallest absolute Gasteiger partial charge is 0.261 e. The first-order chi connectivity index (χ1) is 12.7. The van der Waals surface area contributed by atoms with Crippen molar-refractivity contribution in [2.75, 3.05) is 26.4 Å². The van der Waals surface area contributed by atoms with Crippen LogP contribution in [0.3, 0.4) is 0 Å². The minimum atomic E-state index is -0.100. The van der Waals surface area contributed by atoms with Crippen LogP contribution in [-0.4, -0.2) is 47.0 Å². The molecule has 26 heavy (non-hydrogen) atoms. The van der Waals surface area contributed by atoms with Crippen molar-refractivity contribution < 1.29 is 14.3 Å². The molecule has 4 rings (SSSR count). The zero-order valence-corrected chi connectivity index (χ0v) is 15.1. The van der Waals surface area contributed by atoms with Crippen LogP contribution in [0, 0.1) is 5.92 Å². The number of rotatable bonds is 7. The van der Waals surface area contributed by atoms with Crippen LogP contribution in [0.1, 0.15) is 30.1 Å². The summed E-state index contributed by atoms with van der Waals surface area (Å²) in [6.45, 7) is 2.01. The van der Waals surface area contributed by atoms with E-state index in [4.69, 9.17) is 9.47 Å². The SMILES string of the molecule is Cn1ncc2c1[C@@H](COCC1CC1)N(C(=O)COc1ccccc1)CC2. The largest absolute Gasteiger partial charge is 0.484 e. The zero-order valence-electron chi connectivity index (χ0n) is 15.1. The van der Waals surface area contributed by atoms with E-state index < -0.39 is 0 Å². The summed E-state index contributed by atoms with van der Waals surface area (Å²) >= 11 is 0. The minimum Gasteiger partial charge on any atom is -0.484 e. The standard InChI is InChI=1S/C20H25N3O3/c1-22-20-16(11-21-22)9-10-23(18(20)13-25-12-15-7-8-15)19(24)14-26-17-5-3-2-4-6-17/h2-6,11,15,18H,7-10,12-14H2,1H3/t18-/m1/s1. The molecule has 1 aromatic heterocycles. The summed E-state index contributed by atoms with van der Waals surface area (Å²) in [6.07, 6.45) is 5.25. The highest BCUT2D eigenvalue weighted by Gasteiger charge is 2.34. The average Bonchev–Trinajstić information content (AvgIpc) is 3.42. The quantitative estimate of drug-likeness (QED) is 0.765. The van der Waals surface area contributed by atoms with Gasteiger partial charge in [-0.1, -0.05) is 18.2 Å². The Morgan fingerprint density at radius 1 is 1.23 bits per heavy atom. The molecule has 6 nitrogen and oxygen atoms in total. The van der Waals surface area contributed by atoms with E-state index in [2.05, 4.69) is 5.10 Å². The lowest BCUT2D eigenvalue weighted by molar-refractivity contribution is -0.138. The maximum Gasteiger partial charge on any atom is 0.261 e. The molecular weight excluding hydrogens is 330 g/mol. The number of amides is 1. The van der Waals surface area contributed by atoms with Crippen molar-refractivity contribution in [2.45, 2.75) is 25.3 Å². The third kappa shape index (κ3) is 3.75. The van der Waals surface area contributed by atoms with Gasteiger partial charge in [-0.25, -0.2) is 0 Å². The maximum absolute atomic E-state index is 12.8. The first kappa shape index (κ1) is 17.1. The van der Waals surface area contributed by atoms with Gasteiger partial charge in [0, 0.05) is 20.2 Å². The molecule has 0 bridgehead atoms. The number of fused-ring (bicyclic) bond motifs is 1. The van der Waals surface area contributed by atoms with Crippen molar-refractivity contribution in [1.29, 1.82) is 0 Å². The fourth-order valence-electron chi connectivity index (χ4n) is 3.50. The van der Waals surface area contributed by atoms with Gasteiger partial charge in [-0.2, -0.15) is 5.10 Å². The summed E-state index contributed by atoms with van der Waals surface area (Å²) in [5.41, 5.74) is 2.29. The molecule has 6 heteroatoms. The molecule has 1 fully saturated rings. The molecule has 1 aliphatic heterocycles. The van der Waals surface area contributed by atoms with E-state index in [1.54, 1.807) is 0 Å². The van der Waals surface area contributed by atoms with Crippen LogP contribution in [0.5, 0.6) is 5.75 Å². The van der Waals surface area contributed by atoms with Gasteiger partial charge in [0.1, 0.15) is 5.75 Å². The van der Waals surface area contributed by atoms with Crippen LogP contribution in [0.15, 0.2) is 36.5 Å². The van der Waals surface area contributed by atoms with Crippen LogP contribution in [-0.2, 0) is 23.0 Å². The monoisotopic (exact) mass is 355 g/mol. The fraction of sp³-hybridized carbons (Fsp3) is 0.500. The van der Waals surface area contributed by atoms with E-state index in [0.717, 1.165) is 18.7 Å². The topological polar surface area (TPSA) is 56.6 Å². The van der Waals surface area contributed by atoms with E-state index >= 15 is 0 Å². The molecule has 1 amide bonds. The minimum absolute atomic E-state index is 0.0132. The summed E-state index contributed by atoms with van der Waals surface area (Å²) in [5.74, 6) is 1.40. The van der Waals surface area contributed by atoms with E-state index in [1.807, 2.05) is 53.2 Å². The van der Waals surface area contributed by atoms with Crippen LogP contribution < -0.4 is 4.74 Å². The van der Waals surface area contributed by atoms with Crippen LogP contribution in [0.2, 0.25) is 0 Å². The average molecular weight is 355 g/mol. The molecule has 0 saturated heterocycles. The molecule has 2 heterocycles. The first-order valence-electron chi connectivity index (χ1n) is 9.28. The number of hydrogen-bond donors (Lipinski definition) is 0. The molecule has 1 aliphatic carbocycles. The Labute approximate surface area is 153 Å². The van der Waals surface area contributed by atoms with E-state index in [1.165, 1.54) is 18.4 Å². The summed E-state index contributed by atoms with van der Waals surface area (Å²) in [7, 11) is 1.93. The normalized spacial score (nSPS) is 19.3. The predicted octanol–water partition coefficient (Wildman–Crippen LogP) is 2.35. The lowest BCUT2D eigenvalue weighted by Gasteiger charge is -2.36. The van der Waals surface area contributed by atoms with Gasteiger partial charge in [0.05, 0.1) is 24.5 Å². The predicted molar refractivity (Wildman–Crippen MR) is 96.8 cm³/mol. The van der Waals surface area contributed by atoms with Gasteiger partial charge >= 0.3 is 0 Å². The Bertz CT molecular complexity index is 755. The van der Waals surface area contributed by atoms with E-state index in [0.29, 0.717) is 24.8 Å². The summed E-state index contributed by atoms with van der Waals surface area (Å²) < 4.78 is 13.5. The Morgan fingerprint density at radius 2 is 2.04 bits per heavy atom. The van der Waals surface area contributed by atoms with E-state index in [9.17, 15) is 4.79 Å². The number of nitrogens with zero attached hydrogens (tertiary/aromatic N) is 3. The maximum atomic E-state index is 12.8. The van der Waals surface area contributed by atoms with Gasteiger partial charge in [0.25, 0.3) is 5.91 Å². The number of carbonyl (C=O) groups excluding carboxylic acids is 1. The van der Waals surface area contributed by atoms with Gasteiger partial charge < -0.3 is 14.4 Å². The van der Waals surface area contributed by atoms with Crippen molar-refractivity contribution >= 4 is 5.91 Å². The fourth-order valence-corrected chi connectivity index (χ4v) is 3.50. The van der Waals surface area contributed by atoms with Crippen LogP contribution in [0.4, 0.5) is 0 Å². The highest BCUT2D eigenvalue weighted by atomic mass is 16.5. The highest BCUT2D eigenvalue weighted by molar-refractivity contribution is 5.78. The molecule has 1 saturated carbocycles. The molecular formula is C20H25N3O3. The Hall–Kier alpha value is -2.34. The Balaban J connectivity index is 1.45. The second-order valence-electron chi connectivity index (χ2n) is 7.11. The lowest BCUT2D eigenvalue weighted by atomic mass is 10.00. The Kier molecular flexibility index (Phi) is 4.93. The molecule has 0 radical (unpaired) electrons. The molecule has 0 spiro atoms.